The molecule has 1 fully saturated rings. The van der Waals surface area contributed by atoms with Crippen molar-refractivity contribution in [3.05, 3.63) is 0 Å². The molecule has 0 aromatic rings. The van der Waals surface area contributed by atoms with Crippen LogP contribution in [0.15, 0.2) is 5.16 Å². The average Bonchev–Trinajstić information content (AvgIpc) is 2.75. The van der Waals surface area contributed by atoms with E-state index in [2.05, 4.69) is 10.5 Å². The van der Waals surface area contributed by atoms with E-state index in [-0.39, 0.29) is 23.7 Å². The summed E-state index contributed by atoms with van der Waals surface area (Å²) in [7, 11) is 1.59. The van der Waals surface area contributed by atoms with Gasteiger partial charge in [0.2, 0.25) is 5.91 Å². The SMILES string of the molecule is COC(C)(C)CC(=O)NC1CCCC1C(N)=NO. The van der Waals surface area contributed by atoms with Crippen LogP contribution in [0.2, 0.25) is 0 Å². The number of amides is 1. The molecule has 2 unspecified atom stereocenters. The van der Waals surface area contributed by atoms with Gasteiger partial charge < -0.3 is 21.0 Å². The molecule has 6 nitrogen and oxygen atoms in total. The standard InChI is InChI=1S/C12H23N3O3/c1-12(2,18-3)7-10(16)14-9-6-4-5-8(9)11(13)15-17/h8-9,17H,4-7H2,1-3H3,(H2,13,15)(H,14,16). The van der Waals surface area contributed by atoms with Gasteiger partial charge in [0.25, 0.3) is 0 Å². The lowest BCUT2D eigenvalue weighted by Crippen LogP contribution is -2.44. The van der Waals surface area contributed by atoms with E-state index in [1.54, 1.807) is 7.11 Å². The van der Waals surface area contributed by atoms with Gasteiger partial charge in [-0.25, -0.2) is 0 Å². The molecule has 2 atom stereocenters. The first-order valence-electron chi connectivity index (χ1n) is 6.21. The fourth-order valence-electron chi connectivity index (χ4n) is 2.28. The van der Waals surface area contributed by atoms with Crippen LogP contribution in [0.5, 0.6) is 0 Å². The summed E-state index contributed by atoms with van der Waals surface area (Å²) in [6.07, 6.45) is 2.97. The quantitative estimate of drug-likeness (QED) is 0.294. The Bertz CT molecular complexity index is 329. The second-order valence-corrected chi connectivity index (χ2v) is 5.38. The normalized spacial score (nSPS) is 25.2. The molecule has 0 bridgehead atoms. The molecular formula is C12H23N3O3. The zero-order valence-corrected chi connectivity index (χ0v) is 11.3. The molecule has 18 heavy (non-hydrogen) atoms. The number of hydrogen-bond donors (Lipinski definition) is 3. The van der Waals surface area contributed by atoms with Crippen molar-refractivity contribution in [3.8, 4) is 0 Å². The number of hydrogen-bond acceptors (Lipinski definition) is 4. The molecule has 4 N–H and O–H groups in total. The number of nitrogens with two attached hydrogens (primary N) is 1. The Morgan fingerprint density at radius 3 is 2.78 bits per heavy atom. The molecule has 1 rings (SSSR count). The molecule has 0 aromatic carbocycles. The Hall–Kier alpha value is -1.30. The van der Waals surface area contributed by atoms with E-state index < -0.39 is 5.60 Å². The highest BCUT2D eigenvalue weighted by Crippen LogP contribution is 2.26. The lowest BCUT2D eigenvalue weighted by Gasteiger charge is -2.25. The highest BCUT2D eigenvalue weighted by Gasteiger charge is 2.32. The summed E-state index contributed by atoms with van der Waals surface area (Å²) in [5.41, 5.74) is 5.14. The van der Waals surface area contributed by atoms with Crippen molar-refractivity contribution < 1.29 is 14.7 Å². The van der Waals surface area contributed by atoms with E-state index in [0.29, 0.717) is 6.42 Å². The van der Waals surface area contributed by atoms with Crippen LogP contribution in [0.25, 0.3) is 0 Å². The summed E-state index contributed by atoms with van der Waals surface area (Å²) in [5, 5.41) is 14.7. The van der Waals surface area contributed by atoms with E-state index in [0.717, 1.165) is 19.3 Å². The van der Waals surface area contributed by atoms with Gasteiger partial charge in [0.05, 0.1) is 12.0 Å². The zero-order chi connectivity index (χ0) is 13.8. The molecular weight excluding hydrogens is 234 g/mol. The number of nitrogens with zero attached hydrogens (tertiary/aromatic N) is 1. The van der Waals surface area contributed by atoms with Gasteiger partial charge in [-0.05, 0) is 26.7 Å². The summed E-state index contributed by atoms with van der Waals surface area (Å²) in [4.78, 5) is 11.9. The maximum Gasteiger partial charge on any atom is 0.223 e. The van der Waals surface area contributed by atoms with Crippen molar-refractivity contribution in [1.82, 2.24) is 5.32 Å². The molecule has 104 valence electrons. The predicted octanol–water partition coefficient (Wildman–Crippen LogP) is 0.833. The smallest absolute Gasteiger partial charge is 0.223 e. The molecule has 6 heteroatoms. The Labute approximate surface area is 108 Å². The first kappa shape index (κ1) is 14.8. The number of methoxy groups -OCH3 is 1. The number of ether oxygens (including phenoxy) is 1. The second kappa shape index (κ2) is 6.04. The molecule has 0 aromatic heterocycles. The van der Waals surface area contributed by atoms with E-state index in [4.69, 9.17) is 15.7 Å². The third kappa shape index (κ3) is 3.87. The average molecular weight is 257 g/mol. The number of carbonyl (C=O) groups is 1. The fraction of sp³-hybridized carbons (Fsp3) is 0.833. The van der Waals surface area contributed by atoms with Crippen LogP contribution >= 0.6 is 0 Å². The third-order valence-corrected chi connectivity index (χ3v) is 3.50. The van der Waals surface area contributed by atoms with Gasteiger partial charge >= 0.3 is 0 Å². The van der Waals surface area contributed by atoms with Crippen molar-refractivity contribution in [2.75, 3.05) is 7.11 Å². The van der Waals surface area contributed by atoms with E-state index >= 15 is 0 Å². The van der Waals surface area contributed by atoms with Gasteiger partial charge in [-0.3, -0.25) is 4.79 Å². The van der Waals surface area contributed by atoms with Crippen molar-refractivity contribution in [1.29, 1.82) is 0 Å². The minimum atomic E-state index is -0.477. The van der Waals surface area contributed by atoms with Gasteiger partial charge in [0.1, 0.15) is 5.84 Å². The predicted molar refractivity (Wildman–Crippen MR) is 68.4 cm³/mol. The number of oxime groups is 1. The maximum absolute atomic E-state index is 11.9. The lowest BCUT2D eigenvalue weighted by atomic mass is 10.0. The molecule has 0 spiro atoms. The number of nitrogens with one attached hydrogen (secondary N) is 1. The van der Waals surface area contributed by atoms with E-state index in [9.17, 15) is 4.79 Å². The van der Waals surface area contributed by atoms with Crippen molar-refractivity contribution in [2.45, 2.75) is 51.2 Å². The Morgan fingerprint density at radius 2 is 2.22 bits per heavy atom. The first-order chi connectivity index (χ1) is 8.39. The van der Waals surface area contributed by atoms with Crippen LogP contribution in [0, 0.1) is 5.92 Å². The summed E-state index contributed by atoms with van der Waals surface area (Å²) < 4.78 is 5.22. The monoisotopic (exact) mass is 257 g/mol. The Kier molecular flexibility index (Phi) is 4.95. The third-order valence-electron chi connectivity index (χ3n) is 3.50. The fourth-order valence-corrected chi connectivity index (χ4v) is 2.28. The van der Waals surface area contributed by atoms with E-state index in [1.165, 1.54) is 0 Å². The number of carbonyl (C=O) groups excluding carboxylic acids is 1. The van der Waals surface area contributed by atoms with Crippen LogP contribution in [0.3, 0.4) is 0 Å². The Morgan fingerprint density at radius 1 is 1.56 bits per heavy atom. The van der Waals surface area contributed by atoms with Crippen LogP contribution in [0.4, 0.5) is 0 Å². The first-order valence-corrected chi connectivity index (χ1v) is 6.21. The van der Waals surface area contributed by atoms with Crippen molar-refractivity contribution in [2.24, 2.45) is 16.8 Å². The van der Waals surface area contributed by atoms with E-state index in [1.807, 2.05) is 13.8 Å². The van der Waals surface area contributed by atoms with Gasteiger partial charge in [-0.1, -0.05) is 11.6 Å². The molecule has 1 amide bonds. The Balaban J connectivity index is 2.54. The van der Waals surface area contributed by atoms with Crippen molar-refractivity contribution >= 4 is 11.7 Å². The van der Waals surface area contributed by atoms with Crippen LogP contribution in [-0.2, 0) is 9.53 Å². The van der Waals surface area contributed by atoms with Gasteiger partial charge in [-0.15, -0.1) is 0 Å². The summed E-state index contributed by atoms with van der Waals surface area (Å²) in [6.45, 7) is 3.73. The van der Waals surface area contributed by atoms with Crippen LogP contribution in [-0.4, -0.2) is 35.7 Å². The molecule has 0 aliphatic heterocycles. The van der Waals surface area contributed by atoms with Crippen LogP contribution < -0.4 is 11.1 Å². The molecule has 0 saturated heterocycles. The molecule has 0 heterocycles. The maximum atomic E-state index is 11.9. The summed E-state index contributed by atoms with van der Waals surface area (Å²) in [5.74, 6) is 0.0675. The number of rotatable bonds is 5. The van der Waals surface area contributed by atoms with Crippen LogP contribution in [0.1, 0.15) is 39.5 Å². The minimum Gasteiger partial charge on any atom is -0.409 e. The molecule has 1 saturated carbocycles. The second-order valence-electron chi connectivity index (χ2n) is 5.38. The van der Waals surface area contributed by atoms with Gasteiger partial charge in [-0.2, -0.15) is 0 Å². The van der Waals surface area contributed by atoms with Gasteiger partial charge in [0, 0.05) is 19.1 Å². The zero-order valence-electron chi connectivity index (χ0n) is 11.3. The minimum absolute atomic E-state index is 0.0407. The summed E-state index contributed by atoms with van der Waals surface area (Å²) in [6, 6.07) is -0.0407. The summed E-state index contributed by atoms with van der Waals surface area (Å²) >= 11 is 0. The lowest BCUT2D eigenvalue weighted by molar-refractivity contribution is -0.126. The molecule has 0 radical (unpaired) electrons. The topological polar surface area (TPSA) is 96.9 Å². The highest BCUT2D eigenvalue weighted by molar-refractivity contribution is 5.84. The number of amidine groups is 1. The van der Waals surface area contributed by atoms with Crippen molar-refractivity contribution in [3.63, 3.8) is 0 Å². The molecule has 1 aliphatic carbocycles. The highest BCUT2D eigenvalue weighted by atomic mass is 16.5. The largest absolute Gasteiger partial charge is 0.409 e. The molecule has 1 aliphatic rings. The van der Waals surface area contributed by atoms with Gasteiger partial charge in [0.15, 0.2) is 0 Å².